The maximum Gasteiger partial charge on any atom is 0.268 e. The van der Waals surface area contributed by atoms with Crippen molar-refractivity contribution >= 4 is 55.4 Å². The largest absolute Gasteiger partial charge is 0.397 e. The van der Waals surface area contributed by atoms with Crippen molar-refractivity contribution in [1.82, 2.24) is 4.98 Å². The van der Waals surface area contributed by atoms with E-state index in [0.717, 1.165) is 71.3 Å². The first kappa shape index (κ1) is 20.8. The topological polar surface area (TPSA) is 111 Å². The molecule has 30 heavy (non-hydrogen) atoms. The molecule has 6 nitrogen and oxygen atoms in total. The number of hydrogen-bond donors (Lipinski definition) is 3. The van der Waals surface area contributed by atoms with Crippen LogP contribution in [0, 0.1) is 0 Å². The first-order valence-electron chi connectivity index (χ1n) is 10.4. The van der Waals surface area contributed by atoms with Gasteiger partial charge in [0.05, 0.1) is 11.3 Å². The fraction of sp³-hybridized carbons (Fsp3) is 0.409. The third-order valence-corrected chi connectivity index (χ3v) is 7.83. The minimum atomic E-state index is -0.487. The smallest absolute Gasteiger partial charge is 0.268 e. The highest BCUT2D eigenvalue weighted by Gasteiger charge is 2.25. The zero-order chi connectivity index (χ0) is 21.3. The van der Waals surface area contributed by atoms with Gasteiger partial charge in [0.25, 0.3) is 11.8 Å². The number of nitrogen functional groups attached to an aromatic ring is 1. The highest BCUT2D eigenvalue weighted by atomic mass is 32.1. The van der Waals surface area contributed by atoms with Crippen molar-refractivity contribution in [3.8, 4) is 0 Å². The fourth-order valence-electron chi connectivity index (χ4n) is 4.03. The number of nitrogens with zero attached hydrogens (tertiary/aromatic N) is 1. The van der Waals surface area contributed by atoms with Crippen molar-refractivity contribution in [1.29, 1.82) is 0 Å². The molecule has 0 unspecified atom stereocenters. The van der Waals surface area contributed by atoms with E-state index in [9.17, 15) is 9.59 Å². The molecular formula is C22H26N4O2S2. The highest BCUT2D eigenvalue weighted by Crippen LogP contribution is 2.38. The number of hydrogen-bond acceptors (Lipinski definition) is 6. The minimum Gasteiger partial charge on any atom is -0.397 e. The molecule has 1 aliphatic carbocycles. The molecule has 0 radical (unpaired) electrons. The lowest BCUT2D eigenvalue weighted by molar-refractivity contribution is 0.100. The SMILES string of the molecule is CCCc1ccc2c(N)c(C(=O)Nc3sc4c(c3C(N)=O)CCCCCC4)sc2n1. The standard InChI is InChI=1S/C22H26N4O2S2/c1-2-7-12-10-11-14-17(23)18(30-21(14)25-12)20(28)26-22-16(19(24)27)13-8-5-3-4-6-9-15(13)29-22/h10-11H,2-9,23H2,1H3,(H2,24,27)(H,26,28). The van der Waals surface area contributed by atoms with Crippen LogP contribution in [0.3, 0.4) is 0 Å². The summed E-state index contributed by atoms with van der Waals surface area (Å²) in [6.07, 6.45) is 8.11. The van der Waals surface area contributed by atoms with Gasteiger partial charge in [0.15, 0.2) is 0 Å². The molecule has 1 aliphatic rings. The van der Waals surface area contributed by atoms with Gasteiger partial charge in [-0.1, -0.05) is 26.2 Å². The number of amides is 2. The Morgan fingerprint density at radius 3 is 2.63 bits per heavy atom. The Morgan fingerprint density at radius 1 is 1.13 bits per heavy atom. The predicted octanol–water partition coefficient (Wildman–Crippen LogP) is 4.90. The Bertz CT molecular complexity index is 1120. The summed E-state index contributed by atoms with van der Waals surface area (Å²) in [5.74, 6) is -0.803. The Kier molecular flexibility index (Phi) is 6.06. The van der Waals surface area contributed by atoms with Gasteiger partial charge in [0.2, 0.25) is 0 Å². The van der Waals surface area contributed by atoms with Crippen LogP contribution in [0.15, 0.2) is 12.1 Å². The number of nitrogens with two attached hydrogens (primary N) is 2. The molecular weight excluding hydrogens is 416 g/mol. The molecule has 0 aromatic carbocycles. The van der Waals surface area contributed by atoms with Crippen molar-refractivity contribution in [3.05, 3.63) is 38.7 Å². The molecule has 0 aliphatic heterocycles. The van der Waals surface area contributed by atoms with E-state index in [2.05, 4.69) is 17.2 Å². The lowest BCUT2D eigenvalue weighted by Gasteiger charge is -2.10. The number of fused-ring (bicyclic) bond motifs is 2. The zero-order valence-corrected chi connectivity index (χ0v) is 18.7. The average Bonchev–Trinajstić information content (AvgIpc) is 3.19. The van der Waals surface area contributed by atoms with Crippen molar-refractivity contribution in [2.24, 2.45) is 5.73 Å². The molecule has 3 heterocycles. The van der Waals surface area contributed by atoms with Crippen LogP contribution in [-0.2, 0) is 19.3 Å². The molecule has 0 bridgehead atoms. The van der Waals surface area contributed by atoms with E-state index < -0.39 is 5.91 Å². The molecule has 5 N–H and O–H groups in total. The Balaban J connectivity index is 1.67. The average molecular weight is 443 g/mol. The summed E-state index contributed by atoms with van der Waals surface area (Å²) in [7, 11) is 0. The highest BCUT2D eigenvalue weighted by molar-refractivity contribution is 7.21. The van der Waals surface area contributed by atoms with E-state index in [1.807, 2.05) is 12.1 Å². The molecule has 0 saturated carbocycles. The van der Waals surface area contributed by atoms with E-state index >= 15 is 0 Å². The summed E-state index contributed by atoms with van der Waals surface area (Å²) < 4.78 is 0. The first-order chi connectivity index (χ1) is 14.5. The number of carbonyl (C=O) groups excluding carboxylic acids is 2. The van der Waals surface area contributed by atoms with Crippen LogP contribution >= 0.6 is 22.7 Å². The van der Waals surface area contributed by atoms with Crippen LogP contribution in [0.25, 0.3) is 10.2 Å². The summed E-state index contributed by atoms with van der Waals surface area (Å²) >= 11 is 2.76. The van der Waals surface area contributed by atoms with Crippen LogP contribution in [-0.4, -0.2) is 16.8 Å². The van der Waals surface area contributed by atoms with Gasteiger partial charge in [-0.2, -0.15) is 0 Å². The van der Waals surface area contributed by atoms with E-state index in [1.54, 1.807) is 0 Å². The zero-order valence-electron chi connectivity index (χ0n) is 17.0. The lowest BCUT2D eigenvalue weighted by Crippen LogP contribution is -2.18. The molecule has 158 valence electrons. The first-order valence-corrected chi connectivity index (χ1v) is 12.1. The fourth-order valence-corrected chi connectivity index (χ4v) is 6.33. The summed E-state index contributed by atoms with van der Waals surface area (Å²) in [5, 5.41) is 4.26. The van der Waals surface area contributed by atoms with Crippen LogP contribution in [0.4, 0.5) is 10.7 Å². The lowest BCUT2D eigenvalue weighted by atomic mass is 9.96. The summed E-state index contributed by atoms with van der Waals surface area (Å²) in [4.78, 5) is 32.3. The third-order valence-electron chi connectivity index (χ3n) is 5.51. The predicted molar refractivity (Wildman–Crippen MR) is 125 cm³/mol. The number of aromatic nitrogens is 1. The molecule has 2 amide bonds. The van der Waals surface area contributed by atoms with Gasteiger partial charge in [-0.15, -0.1) is 22.7 Å². The summed E-state index contributed by atoms with van der Waals surface area (Å²) in [6.45, 7) is 2.11. The van der Waals surface area contributed by atoms with Crippen LogP contribution in [0.2, 0.25) is 0 Å². The summed E-state index contributed by atoms with van der Waals surface area (Å²) in [6, 6.07) is 3.89. The summed E-state index contributed by atoms with van der Waals surface area (Å²) in [5.41, 5.74) is 14.9. The molecule has 0 saturated heterocycles. The second-order valence-corrected chi connectivity index (χ2v) is 9.79. The van der Waals surface area contributed by atoms with Gasteiger partial charge >= 0.3 is 0 Å². The number of primary amides is 1. The molecule has 3 aromatic rings. The number of pyridine rings is 1. The maximum absolute atomic E-state index is 13.1. The Hall–Kier alpha value is -2.45. The van der Waals surface area contributed by atoms with Crippen LogP contribution in [0.1, 0.15) is 75.2 Å². The van der Waals surface area contributed by atoms with Gasteiger partial charge in [-0.3, -0.25) is 9.59 Å². The van der Waals surface area contributed by atoms with E-state index in [-0.39, 0.29) is 5.91 Å². The number of carbonyl (C=O) groups is 2. The Labute approximate surface area is 183 Å². The maximum atomic E-state index is 13.1. The number of nitrogens with one attached hydrogen (secondary N) is 1. The Morgan fingerprint density at radius 2 is 1.90 bits per heavy atom. The van der Waals surface area contributed by atoms with Gasteiger partial charge in [0.1, 0.15) is 14.7 Å². The van der Waals surface area contributed by atoms with Crippen molar-refractivity contribution in [2.75, 3.05) is 11.1 Å². The molecule has 0 spiro atoms. The molecule has 3 aromatic heterocycles. The number of rotatable bonds is 5. The van der Waals surface area contributed by atoms with Crippen LogP contribution < -0.4 is 16.8 Å². The third kappa shape index (κ3) is 3.94. The van der Waals surface area contributed by atoms with Crippen molar-refractivity contribution in [2.45, 2.75) is 58.3 Å². The van der Waals surface area contributed by atoms with Crippen molar-refractivity contribution < 1.29 is 9.59 Å². The van der Waals surface area contributed by atoms with E-state index in [0.29, 0.717) is 21.1 Å². The molecule has 8 heteroatoms. The molecule has 0 fully saturated rings. The quantitative estimate of drug-likeness (QED) is 0.521. The second kappa shape index (κ2) is 8.73. The number of aryl methyl sites for hydroxylation is 2. The minimum absolute atomic E-state index is 0.315. The molecule has 4 rings (SSSR count). The second-order valence-electron chi connectivity index (χ2n) is 7.69. The van der Waals surface area contributed by atoms with Gasteiger partial charge in [0, 0.05) is 16.0 Å². The van der Waals surface area contributed by atoms with E-state index in [4.69, 9.17) is 11.5 Å². The number of anilines is 2. The van der Waals surface area contributed by atoms with Crippen molar-refractivity contribution in [3.63, 3.8) is 0 Å². The van der Waals surface area contributed by atoms with Gasteiger partial charge in [-0.05, 0) is 49.8 Å². The van der Waals surface area contributed by atoms with Crippen LogP contribution in [0.5, 0.6) is 0 Å². The van der Waals surface area contributed by atoms with Gasteiger partial charge < -0.3 is 16.8 Å². The number of thiophene rings is 2. The van der Waals surface area contributed by atoms with Gasteiger partial charge in [-0.25, -0.2) is 4.98 Å². The normalized spacial score (nSPS) is 14.2. The monoisotopic (exact) mass is 442 g/mol. The van der Waals surface area contributed by atoms with E-state index in [1.165, 1.54) is 29.1 Å². The molecule has 0 atom stereocenters.